The second-order valence-electron chi connectivity index (χ2n) is 4.33. The van der Waals surface area contributed by atoms with Gasteiger partial charge in [-0.3, -0.25) is 4.79 Å². The lowest BCUT2D eigenvalue weighted by molar-refractivity contribution is -0.119. The molecule has 6 heteroatoms. The number of nitrogens with two attached hydrogens (primary N) is 2. The molecule has 1 heterocycles. The van der Waals surface area contributed by atoms with Gasteiger partial charge < -0.3 is 21.5 Å². The number of carboxylic acids is 1. The lowest BCUT2D eigenvalue weighted by Gasteiger charge is -2.25. The first-order chi connectivity index (χ1) is 8.50. The van der Waals surface area contributed by atoms with Gasteiger partial charge in [0.1, 0.15) is 6.04 Å². The highest BCUT2D eigenvalue weighted by Crippen LogP contribution is 2.31. The van der Waals surface area contributed by atoms with Gasteiger partial charge in [-0.1, -0.05) is 0 Å². The van der Waals surface area contributed by atoms with Crippen LogP contribution in [-0.2, 0) is 4.79 Å². The van der Waals surface area contributed by atoms with Gasteiger partial charge >= 0.3 is 5.97 Å². The Morgan fingerprint density at radius 1 is 1.39 bits per heavy atom. The third kappa shape index (κ3) is 2.09. The number of primary amides is 1. The highest BCUT2D eigenvalue weighted by Gasteiger charge is 2.30. The van der Waals surface area contributed by atoms with E-state index in [1.165, 1.54) is 12.1 Å². The summed E-state index contributed by atoms with van der Waals surface area (Å²) < 4.78 is 0. The first kappa shape index (κ1) is 12.2. The Morgan fingerprint density at radius 2 is 2.11 bits per heavy atom. The zero-order chi connectivity index (χ0) is 13.3. The highest BCUT2D eigenvalue weighted by atomic mass is 16.4. The van der Waals surface area contributed by atoms with Crippen molar-refractivity contribution in [2.24, 2.45) is 5.73 Å². The summed E-state index contributed by atoms with van der Waals surface area (Å²) in [7, 11) is 0. The number of hydrogen-bond acceptors (Lipinski definition) is 4. The Morgan fingerprint density at radius 3 is 2.67 bits per heavy atom. The smallest absolute Gasteiger partial charge is 0.335 e. The van der Waals surface area contributed by atoms with Gasteiger partial charge in [-0.2, -0.15) is 0 Å². The molecule has 0 aliphatic carbocycles. The van der Waals surface area contributed by atoms with Gasteiger partial charge in [-0.25, -0.2) is 4.79 Å². The van der Waals surface area contributed by atoms with Gasteiger partial charge in [-0.15, -0.1) is 0 Å². The first-order valence-corrected chi connectivity index (χ1v) is 5.69. The van der Waals surface area contributed by atoms with Crippen LogP contribution in [0.15, 0.2) is 18.2 Å². The summed E-state index contributed by atoms with van der Waals surface area (Å²) in [5.74, 6) is -1.41. The maximum atomic E-state index is 11.3. The second kappa shape index (κ2) is 4.56. The molecule has 1 unspecified atom stereocenters. The summed E-state index contributed by atoms with van der Waals surface area (Å²) in [6.07, 6.45) is 1.57. The summed E-state index contributed by atoms with van der Waals surface area (Å²) in [4.78, 5) is 24.0. The average molecular weight is 249 g/mol. The predicted molar refractivity (Wildman–Crippen MR) is 67.4 cm³/mol. The number of carboxylic acid groups (broad SMARTS) is 1. The van der Waals surface area contributed by atoms with Crippen LogP contribution in [0, 0.1) is 0 Å². The van der Waals surface area contributed by atoms with Crippen molar-refractivity contribution in [3.63, 3.8) is 0 Å². The summed E-state index contributed by atoms with van der Waals surface area (Å²) >= 11 is 0. The number of carbonyl (C=O) groups excluding carboxylic acids is 1. The molecule has 0 radical (unpaired) electrons. The van der Waals surface area contributed by atoms with Gasteiger partial charge in [0.2, 0.25) is 5.91 Å². The summed E-state index contributed by atoms with van der Waals surface area (Å²) in [6, 6.07) is 4.14. The van der Waals surface area contributed by atoms with E-state index in [1.807, 2.05) is 4.90 Å². The Labute approximate surface area is 104 Å². The molecule has 0 spiro atoms. The molecule has 0 aromatic heterocycles. The Balaban J connectivity index is 2.33. The van der Waals surface area contributed by atoms with Crippen molar-refractivity contribution >= 4 is 23.3 Å². The SMILES string of the molecule is NC(=O)C1CCCN1c1ccc(C(=O)O)cc1N. The molecule has 1 aliphatic heterocycles. The van der Waals surface area contributed by atoms with Gasteiger partial charge in [-0.05, 0) is 31.0 Å². The average Bonchev–Trinajstić information content (AvgIpc) is 2.77. The van der Waals surface area contributed by atoms with Crippen molar-refractivity contribution in [1.82, 2.24) is 0 Å². The molecule has 1 amide bonds. The van der Waals surface area contributed by atoms with Crippen LogP contribution >= 0.6 is 0 Å². The van der Waals surface area contributed by atoms with E-state index < -0.39 is 5.97 Å². The monoisotopic (exact) mass is 249 g/mol. The van der Waals surface area contributed by atoms with Gasteiger partial charge in [0.25, 0.3) is 0 Å². The minimum atomic E-state index is -1.03. The molecule has 1 atom stereocenters. The van der Waals surface area contributed by atoms with E-state index >= 15 is 0 Å². The molecule has 1 saturated heterocycles. The minimum absolute atomic E-state index is 0.131. The lowest BCUT2D eigenvalue weighted by Crippen LogP contribution is -2.40. The fourth-order valence-corrected chi connectivity index (χ4v) is 2.30. The highest BCUT2D eigenvalue weighted by molar-refractivity contribution is 5.91. The summed E-state index contributed by atoms with van der Waals surface area (Å²) in [6.45, 7) is 0.699. The maximum Gasteiger partial charge on any atom is 0.335 e. The fraction of sp³-hybridized carbons (Fsp3) is 0.333. The Bertz CT molecular complexity index is 501. The van der Waals surface area contributed by atoms with Crippen LogP contribution in [0.25, 0.3) is 0 Å². The number of benzene rings is 1. The van der Waals surface area contributed by atoms with Crippen molar-refractivity contribution in [2.45, 2.75) is 18.9 Å². The third-order valence-electron chi connectivity index (χ3n) is 3.17. The number of anilines is 2. The normalized spacial score (nSPS) is 18.9. The van der Waals surface area contributed by atoms with Gasteiger partial charge in [0, 0.05) is 6.54 Å². The minimum Gasteiger partial charge on any atom is -0.478 e. The third-order valence-corrected chi connectivity index (χ3v) is 3.17. The molecule has 0 saturated carbocycles. The molecule has 2 rings (SSSR count). The van der Waals surface area contributed by atoms with Crippen LogP contribution in [0.5, 0.6) is 0 Å². The van der Waals surface area contributed by atoms with Crippen LogP contribution < -0.4 is 16.4 Å². The molecular weight excluding hydrogens is 234 g/mol. The molecule has 1 fully saturated rings. The second-order valence-corrected chi connectivity index (χ2v) is 4.33. The van der Waals surface area contributed by atoms with E-state index in [4.69, 9.17) is 16.6 Å². The lowest BCUT2D eigenvalue weighted by atomic mass is 10.1. The predicted octanol–water partition coefficient (Wildman–Crippen LogP) is 0.421. The largest absolute Gasteiger partial charge is 0.478 e. The number of carbonyl (C=O) groups is 2. The zero-order valence-electron chi connectivity index (χ0n) is 9.80. The van der Waals surface area contributed by atoms with Gasteiger partial charge in [0.15, 0.2) is 0 Å². The van der Waals surface area contributed by atoms with Crippen LogP contribution in [0.3, 0.4) is 0 Å². The first-order valence-electron chi connectivity index (χ1n) is 5.69. The number of nitrogens with zero attached hydrogens (tertiary/aromatic N) is 1. The molecule has 5 N–H and O–H groups in total. The molecule has 6 nitrogen and oxygen atoms in total. The number of nitrogen functional groups attached to an aromatic ring is 1. The van der Waals surface area contributed by atoms with Crippen LogP contribution in [-0.4, -0.2) is 29.6 Å². The van der Waals surface area contributed by atoms with Crippen LogP contribution in [0.1, 0.15) is 23.2 Å². The maximum absolute atomic E-state index is 11.3. The van der Waals surface area contributed by atoms with Crippen LogP contribution in [0.4, 0.5) is 11.4 Å². The van der Waals surface area contributed by atoms with E-state index in [-0.39, 0.29) is 17.5 Å². The molecule has 96 valence electrons. The van der Waals surface area contributed by atoms with Crippen molar-refractivity contribution in [2.75, 3.05) is 17.2 Å². The summed E-state index contributed by atoms with van der Waals surface area (Å²) in [5.41, 5.74) is 12.3. The summed E-state index contributed by atoms with van der Waals surface area (Å²) in [5, 5.41) is 8.86. The van der Waals surface area contributed by atoms with Crippen LogP contribution in [0.2, 0.25) is 0 Å². The van der Waals surface area contributed by atoms with Crippen molar-refractivity contribution in [1.29, 1.82) is 0 Å². The molecule has 1 aromatic rings. The number of hydrogen-bond donors (Lipinski definition) is 3. The van der Waals surface area contributed by atoms with Gasteiger partial charge in [0.05, 0.1) is 16.9 Å². The van der Waals surface area contributed by atoms with E-state index in [2.05, 4.69) is 0 Å². The Kier molecular flexibility index (Phi) is 3.10. The van der Waals surface area contributed by atoms with Crippen molar-refractivity contribution in [3.05, 3.63) is 23.8 Å². The quantitative estimate of drug-likeness (QED) is 0.672. The number of amides is 1. The van der Waals surface area contributed by atoms with E-state index in [0.717, 1.165) is 6.42 Å². The standard InChI is InChI=1S/C12H15N3O3/c13-8-6-7(12(17)18)3-4-9(8)15-5-1-2-10(15)11(14)16/h3-4,6,10H,1-2,5,13H2,(H2,14,16)(H,17,18). The molecular formula is C12H15N3O3. The molecule has 1 aliphatic rings. The van der Waals surface area contributed by atoms with Crippen molar-refractivity contribution < 1.29 is 14.7 Å². The zero-order valence-corrected chi connectivity index (χ0v) is 9.80. The number of aromatic carboxylic acids is 1. The van der Waals surface area contributed by atoms with E-state index in [1.54, 1.807) is 6.07 Å². The molecule has 18 heavy (non-hydrogen) atoms. The Hall–Kier alpha value is -2.24. The molecule has 0 bridgehead atoms. The van der Waals surface area contributed by atoms with E-state index in [0.29, 0.717) is 24.3 Å². The van der Waals surface area contributed by atoms with Crippen molar-refractivity contribution in [3.8, 4) is 0 Å². The number of rotatable bonds is 3. The molecule has 1 aromatic carbocycles. The fourth-order valence-electron chi connectivity index (χ4n) is 2.30. The topological polar surface area (TPSA) is 110 Å². The van der Waals surface area contributed by atoms with E-state index in [9.17, 15) is 9.59 Å².